The number of nitriles is 1. The molecule has 0 unspecified atom stereocenters. The molecule has 1 heterocycles. The Morgan fingerprint density at radius 3 is 2.89 bits per heavy atom. The standard InChI is InChI=1S/C15H19N3/c16-9-13-8-12-6-3-7-14(12)18-15(13)17-10-11-4-1-2-5-11/h8,11H,1-7,10H2,(H,17,18). The Kier molecular flexibility index (Phi) is 3.19. The van der Waals surface area contributed by atoms with Crippen LogP contribution >= 0.6 is 0 Å². The zero-order valence-electron chi connectivity index (χ0n) is 10.7. The summed E-state index contributed by atoms with van der Waals surface area (Å²) in [4.78, 5) is 4.65. The molecule has 0 amide bonds. The first kappa shape index (κ1) is 11.5. The van der Waals surface area contributed by atoms with E-state index in [-0.39, 0.29) is 0 Å². The van der Waals surface area contributed by atoms with Crippen LogP contribution in [0, 0.1) is 17.2 Å². The summed E-state index contributed by atoms with van der Waals surface area (Å²) in [6.07, 6.45) is 8.68. The van der Waals surface area contributed by atoms with Gasteiger partial charge in [0.2, 0.25) is 0 Å². The van der Waals surface area contributed by atoms with Crippen molar-refractivity contribution in [2.45, 2.75) is 44.9 Å². The van der Waals surface area contributed by atoms with Gasteiger partial charge in [-0.3, -0.25) is 0 Å². The highest BCUT2D eigenvalue weighted by Crippen LogP contribution is 2.27. The second kappa shape index (κ2) is 4.97. The van der Waals surface area contributed by atoms with Gasteiger partial charge in [0.05, 0.1) is 5.56 Å². The molecule has 0 atom stereocenters. The van der Waals surface area contributed by atoms with Gasteiger partial charge in [0.15, 0.2) is 0 Å². The van der Waals surface area contributed by atoms with E-state index in [0.29, 0.717) is 5.56 Å². The van der Waals surface area contributed by atoms with Crippen LogP contribution in [-0.4, -0.2) is 11.5 Å². The Morgan fingerprint density at radius 1 is 1.28 bits per heavy atom. The Morgan fingerprint density at radius 2 is 2.11 bits per heavy atom. The molecule has 1 aromatic heterocycles. The zero-order chi connectivity index (χ0) is 12.4. The monoisotopic (exact) mass is 241 g/mol. The van der Waals surface area contributed by atoms with Gasteiger partial charge in [-0.05, 0) is 49.7 Å². The fourth-order valence-electron chi connectivity index (χ4n) is 3.15. The van der Waals surface area contributed by atoms with Gasteiger partial charge in [-0.15, -0.1) is 0 Å². The number of anilines is 1. The summed E-state index contributed by atoms with van der Waals surface area (Å²) in [5, 5.41) is 12.6. The minimum atomic E-state index is 0.716. The molecule has 18 heavy (non-hydrogen) atoms. The highest BCUT2D eigenvalue weighted by atomic mass is 15.0. The van der Waals surface area contributed by atoms with Crippen molar-refractivity contribution in [1.82, 2.24) is 4.98 Å². The largest absolute Gasteiger partial charge is 0.369 e. The number of hydrogen-bond donors (Lipinski definition) is 1. The molecular weight excluding hydrogens is 222 g/mol. The van der Waals surface area contributed by atoms with Crippen LogP contribution in [0.2, 0.25) is 0 Å². The van der Waals surface area contributed by atoms with E-state index >= 15 is 0 Å². The van der Waals surface area contributed by atoms with Crippen LogP contribution < -0.4 is 5.32 Å². The predicted octanol–water partition coefficient (Wildman–Crippen LogP) is 3.04. The summed E-state index contributed by atoms with van der Waals surface area (Å²) >= 11 is 0. The molecule has 3 nitrogen and oxygen atoms in total. The van der Waals surface area contributed by atoms with E-state index in [1.807, 2.05) is 6.07 Å². The van der Waals surface area contributed by atoms with E-state index in [1.54, 1.807) is 0 Å². The van der Waals surface area contributed by atoms with Crippen molar-refractivity contribution in [3.05, 3.63) is 22.9 Å². The predicted molar refractivity (Wildman–Crippen MR) is 71.4 cm³/mol. The second-order valence-electron chi connectivity index (χ2n) is 5.49. The maximum absolute atomic E-state index is 9.21. The first-order chi connectivity index (χ1) is 8.86. The molecular formula is C15H19N3. The Balaban J connectivity index is 1.76. The molecule has 0 saturated heterocycles. The Hall–Kier alpha value is -1.56. The first-order valence-corrected chi connectivity index (χ1v) is 7.03. The van der Waals surface area contributed by atoms with Crippen LogP contribution in [0.5, 0.6) is 0 Å². The Labute approximate surface area is 108 Å². The van der Waals surface area contributed by atoms with Crippen molar-refractivity contribution < 1.29 is 0 Å². The second-order valence-corrected chi connectivity index (χ2v) is 5.49. The summed E-state index contributed by atoms with van der Waals surface area (Å²) in [5.41, 5.74) is 3.19. The van der Waals surface area contributed by atoms with E-state index < -0.39 is 0 Å². The highest BCUT2D eigenvalue weighted by Gasteiger charge is 2.18. The topological polar surface area (TPSA) is 48.7 Å². The van der Waals surface area contributed by atoms with Gasteiger partial charge < -0.3 is 5.32 Å². The highest BCUT2D eigenvalue weighted by molar-refractivity contribution is 5.55. The summed E-state index contributed by atoms with van der Waals surface area (Å²) in [5.74, 6) is 1.58. The lowest BCUT2D eigenvalue weighted by atomic mass is 10.1. The smallest absolute Gasteiger partial charge is 0.144 e. The van der Waals surface area contributed by atoms with E-state index in [0.717, 1.165) is 31.1 Å². The van der Waals surface area contributed by atoms with Crippen molar-refractivity contribution >= 4 is 5.82 Å². The van der Waals surface area contributed by atoms with Crippen LogP contribution in [0.4, 0.5) is 5.82 Å². The van der Waals surface area contributed by atoms with E-state index in [9.17, 15) is 5.26 Å². The third-order valence-electron chi connectivity index (χ3n) is 4.20. The Bertz CT molecular complexity index is 481. The number of aromatic nitrogens is 1. The number of nitrogens with one attached hydrogen (secondary N) is 1. The van der Waals surface area contributed by atoms with Gasteiger partial charge in [-0.25, -0.2) is 4.98 Å². The van der Waals surface area contributed by atoms with E-state index in [2.05, 4.69) is 16.4 Å². The molecule has 1 fully saturated rings. The molecule has 1 saturated carbocycles. The molecule has 1 aromatic rings. The number of pyridine rings is 1. The van der Waals surface area contributed by atoms with Crippen molar-refractivity contribution in [3.8, 4) is 6.07 Å². The van der Waals surface area contributed by atoms with Gasteiger partial charge in [0.1, 0.15) is 11.9 Å². The molecule has 0 aliphatic heterocycles. The number of rotatable bonds is 3. The molecule has 94 valence electrons. The van der Waals surface area contributed by atoms with Gasteiger partial charge in [0, 0.05) is 12.2 Å². The number of hydrogen-bond acceptors (Lipinski definition) is 3. The van der Waals surface area contributed by atoms with E-state index in [1.165, 1.54) is 43.4 Å². The van der Waals surface area contributed by atoms with Crippen LogP contribution in [0.15, 0.2) is 6.07 Å². The van der Waals surface area contributed by atoms with Gasteiger partial charge in [0.25, 0.3) is 0 Å². The number of nitrogens with zero attached hydrogens (tertiary/aromatic N) is 2. The average Bonchev–Trinajstić information content (AvgIpc) is 3.05. The molecule has 1 N–H and O–H groups in total. The normalized spacial score (nSPS) is 18.6. The molecule has 0 bridgehead atoms. The van der Waals surface area contributed by atoms with Crippen molar-refractivity contribution in [1.29, 1.82) is 5.26 Å². The SMILES string of the molecule is N#Cc1cc2c(nc1NCC1CCCC1)CCC2. The third kappa shape index (κ3) is 2.20. The molecule has 2 aliphatic carbocycles. The molecule has 3 heteroatoms. The van der Waals surface area contributed by atoms with Crippen molar-refractivity contribution in [3.63, 3.8) is 0 Å². The average molecular weight is 241 g/mol. The minimum Gasteiger partial charge on any atom is -0.369 e. The quantitative estimate of drug-likeness (QED) is 0.884. The molecule has 0 spiro atoms. The summed E-state index contributed by atoms with van der Waals surface area (Å²) in [6, 6.07) is 4.31. The summed E-state index contributed by atoms with van der Waals surface area (Å²) < 4.78 is 0. The lowest BCUT2D eigenvalue weighted by Crippen LogP contribution is -2.13. The molecule has 0 radical (unpaired) electrons. The maximum Gasteiger partial charge on any atom is 0.144 e. The lowest BCUT2D eigenvalue weighted by molar-refractivity contribution is 0.578. The van der Waals surface area contributed by atoms with Gasteiger partial charge in [-0.2, -0.15) is 5.26 Å². The molecule has 3 rings (SSSR count). The number of fused-ring (bicyclic) bond motifs is 1. The molecule has 2 aliphatic rings. The lowest BCUT2D eigenvalue weighted by Gasteiger charge is -2.13. The summed E-state index contributed by atoms with van der Waals surface area (Å²) in [6.45, 7) is 0.973. The van der Waals surface area contributed by atoms with Crippen molar-refractivity contribution in [2.75, 3.05) is 11.9 Å². The summed E-state index contributed by atoms with van der Waals surface area (Å²) in [7, 11) is 0. The zero-order valence-corrected chi connectivity index (χ0v) is 10.7. The molecule has 0 aromatic carbocycles. The van der Waals surface area contributed by atoms with Crippen LogP contribution in [0.1, 0.15) is 48.9 Å². The van der Waals surface area contributed by atoms with Crippen LogP contribution in [0.3, 0.4) is 0 Å². The fraction of sp³-hybridized carbons (Fsp3) is 0.600. The first-order valence-electron chi connectivity index (χ1n) is 7.03. The van der Waals surface area contributed by atoms with Crippen LogP contribution in [-0.2, 0) is 12.8 Å². The fourth-order valence-corrected chi connectivity index (χ4v) is 3.15. The maximum atomic E-state index is 9.21. The van der Waals surface area contributed by atoms with Gasteiger partial charge in [-0.1, -0.05) is 12.8 Å². The van der Waals surface area contributed by atoms with Crippen molar-refractivity contribution in [2.24, 2.45) is 5.92 Å². The number of aryl methyl sites for hydroxylation is 2. The van der Waals surface area contributed by atoms with Crippen LogP contribution in [0.25, 0.3) is 0 Å². The minimum absolute atomic E-state index is 0.716. The van der Waals surface area contributed by atoms with Gasteiger partial charge >= 0.3 is 0 Å². The van der Waals surface area contributed by atoms with E-state index in [4.69, 9.17) is 0 Å². The third-order valence-corrected chi connectivity index (χ3v) is 4.20.